The fourth-order valence-corrected chi connectivity index (χ4v) is 3.43. The van der Waals surface area contributed by atoms with Gasteiger partial charge in [-0.05, 0) is 12.1 Å². The highest BCUT2D eigenvalue weighted by Gasteiger charge is 2.44. The predicted molar refractivity (Wildman–Crippen MR) is 106 cm³/mol. The van der Waals surface area contributed by atoms with Gasteiger partial charge >= 0.3 is 0 Å². The molecule has 0 aliphatic carbocycles. The number of para-hydroxylation sites is 1. The van der Waals surface area contributed by atoms with Crippen LogP contribution in [0.5, 0.6) is 17.2 Å². The van der Waals surface area contributed by atoms with Crippen LogP contribution in [0.2, 0.25) is 0 Å². The molecule has 0 bridgehead atoms. The summed E-state index contributed by atoms with van der Waals surface area (Å²) >= 11 is 0. The van der Waals surface area contributed by atoms with Crippen LogP contribution < -0.4 is 10.2 Å². The minimum atomic E-state index is -1.66. The van der Waals surface area contributed by atoms with Crippen LogP contribution in [0.1, 0.15) is 0 Å². The van der Waals surface area contributed by atoms with Crippen molar-refractivity contribution in [1.29, 1.82) is 0 Å². The van der Waals surface area contributed by atoms with Gasteiger partial charge in [0.2, 0.25) is 6.29 Å². The summed E-state index contributed by atoms with van der Waals surface area (Å²) in [5.74, 6) is -0.593. The predicted octanol–water partition coefficient (Wildman–Crippen LogP) is 0.0499. The van der Waals surface area contributed by atoms with Crippen molar-refractivity contribution in [2.75, 3.05) is 6.61 Å². The van der Waals surface area contributed by atoms with E-state index < -0.39 is 48.5 Å². The number of aliphatic hydroxyl groups is 4. The molecular formula is C21H20O10. The molecule has 2 aromatic carbocycles. The van der Waals surface area contributed by atoms with Gasteiger partial charge in [0.15, 0.2) is 5.43 Å². The fraction of sp³-hybridized carbons (Fsp3) is 0.286. The summed E-state index contributed by atoms with van der Waals surface area (Å²) in [6.45, 7) is -0.632. The molecule has 31 heavy (non-hydrogen) atoms. The maximum Gasteiger partial charge on any atom is 0.229 e. The second kappa shape index (κ2) is 8.17. The molecule has 164 valence electrons. The molecule has 5 atom stereocenters. The topological polar surface area (TPSA) is 170 Å². The number of hydrogen-bond donors (Lipinski definition) is 6. The molecule has 2 heterocycles. The lowest BCUT2D eigenvalue weighted by Gasteiger charge is -2.39. The molecule has 10 nitrogen and oxygen atoms in total. The number of phenols is 2. The van der Waals surface area contributed by atoms with E-state index in [-0.39, 0.29) is 33.8 Å². The standard InChI is InChI=1S/C21H20O10/c22-8-16-18(26)19(27)20(28)21(31-16)29-9-5-12(24)17-13(25)7-14(30-15(17)6-9)10-3-1-2-4-11(10)23/h1-7,16,18-24,26-28H,8H2/t16-,18-,19+,20-,21-/m1/s1. The number of benzene rings is 2. The second-order valence-corrected chi connectivity index (χ2v) is 7.12. The highest BCUT2D eigenvalue weighted by molar-refractivity contribution is 5.86. The molecule has 1 aliphatic heterocycles. The number of phenolic OH excluding ortho intramolecular Hbond substituents is 2. The monoisotopic (exact) mass is 432 g/mol. The zero-order chi connectivity index (χ0) is 22.3. The van der Waals surface area contributed by atoms with Crippen molar-refractivity contribution in [3.8, 4) is 28.6 Å². The average molecular weight is 432 g/mol. The number of aromatic hydroxyl groups is 2. The van der Waals surface area contributed by atoms with Gasteiger partial charge in [-0.3, -0.25) is 4.79 Å². The second-order valence-electron chi connectivity index (χ2n) is 7.12. The van der Waals surface area contributed by atoms with Gasteiger partial charge in [0.1, 0.15) is 58.4 Å². The number of hydrogen-bond acceptors (Lipinski definition) is 10. The smallest absolute Gasteiger partial charge is 0.229 e. The lowest BCUT2D eigenvalue weighted by Crippen LogP contribution is -2.60. The fourth-order valence-electron chi connectivity index (χ4n) is 3.43. The minimum absolute atomic E-state index is 0.0555. The molecule has 1 saturated heterocycles. The number of rotatable bonds is 4. The molecule has 10 heteroatoms. The summed E-state index contributed by atoms with van der Waals surface area (Å²) in [6.07, 6.45) is -7.52. The van der Waals surface area contributed by atoms with Gasteiger partial charge in [0, 0.05) is 18.2 Å². The minimum Gasteiger partial charge on any atom is -0.507 e. The van der Waals surface area contributed by atoms with Crippen LogP contribution in [0.25, 0.3) is 22.3 Å². The van der Waals surface area contributed by atoms with Crippen LogP contribution in [-0.4, -0.2) is 68.0 Å². The third-order valence-corrected chi connectivity index (χ3v) is 5.05. The Balaban J connectivity index is 1.73. The van der Waals surface area contributed by atoms with E-state index in [9.17, 15) is 35.4 Å². The first-order valence-corrected chi connectivity index (χ1v) is 9.36. The summed E-state index contributed by atoms with van der Waals surface area (Å²) in [5.41, 5.74) is -0.358. The molecule has 0 amide bonds. The van der Waals surface area contributed by atoms with E-state index in [1.807, 2.05) is 0 Å². The van der Waals surface area contributed by atoms with Gasteiger partial charge in [-0.1, -0.05) is 12.1 Å². The Bertz CT molecular complexity index is 1150. The molecular weight excluding hydrogens is 412 g/mol. The molecule has 0 unspecified atom stereocenters. The Morgan fingerprint density at radius 2 is 1.68 bits per heavy atom. The molecule has 0 radical (unpaired) electrons. The average Bonchev–Trinajstić information content (AvgIpc) is 2.74. The van der Waals surface area contributed by atoms with E-state index in [4.69, 9.17) is 13.9 Å². The van der Waals surface area contributed by atoms with Gasteiger partial charge in [-0.25, -0.2) is 0 Å². The third kappa shape index (κ3) is 3.82. The van der Waals surface area contributed by atoms with E-state index in [0.29, 0.717) is 0 Å². The first-order valence-electron chi connectivity index (χ1n) is 9.36. The Morgan fingerprint density at radius 3 is 2.39 bits per heavy atom. The first kappa shape index (κ1) is 21.1. The van der Waals surface area contributed by atoms with Crippen LogP contribution in [0.4, 0.5) is 0 Å². The van der Waals surface area contributed by atoms with Crippen LogP contribution in [0.3, 0.4) is 0 Å². The number of ether oxygens (including phenoxy) is 2. The van der Waals surface area contributed by atoms with Crippen molar-refractivity contribution in [2.24, 2.45) is 0 Å². The highest BCUT2D eigenvalue weighted by atomic mass is 16.7. The van der Waals surface area contributed by atoms with Crippen LogP contribution in [-0.2, 0) is 4.74 Å². The van der Waals surface area contributed by atoms with Gasteiger partial charge in [0.25, 0.3) is 0 Å². The summed E-state index contributed by atoms with van der Waals surface area (Å²) in [6, 6.07) is 9.73. The van der Waals surface area contributed by atoms with Crippen LogP contribution >= 0.6 is 0 Å². The van der Waals surface area contributed by atoms with Crippen molar-refractivity contribution in [2.45, 2.75) is 30.7 Å². The molecule has 6 N–H and O–H groups in total. The summed E-state index contributed by atoms with van der Waals surface area (Å²) in [7, 11) is 0. The SMILES string of the molecule is O=c1cc(-c2ccccc2O)oc2cc(O[C@@H]3O[C@H](CO)[C@@H](O)[C@H](O)[C@H]3O)cc(O)c12. The van der Waals surface area contributed by atoms with Crippen molar-refractivity contribution in [3.63, 3.8) is 0 Å². The Morgan fingerprint density at radius 1 is 0.935 bits per heavy atom. The van der Waals surface area contributed by atoms with Crippen LogP contribution in [0.15, 0.2) is 51.7 Å². The van der Waals surface area contributed by atoms with Crippen molar-refractivity contribution in [3.05, 3.63) is 52.7 Å². The molecule has 4 rings (SSSR count). The Labute approximate surface area is 174 Å². The number of aliphatic hydroxyl groups excluding tert-OH is 4. The quantitative estimate of drug-likeness (QED) is 0.331. The van der Waals surface area contributed by atoms with Crippen molar-refractivity contribution < 1.29 is 44.5 Å². The lowest BCUT2D eigenvalue weighted by molar-refractivity contribution is -0.277. The highest BCUT2D eigenvalue weighted by Crippen LogP contribution is 2.35. The number of fused-ring (bicyclic) bond motifs is 1. The molecule has 0 spiro atoms. The molecule has 1 fully saturated rings. The van der Waals surface area contributed by atoms with E-state index in [1.54, 1.807) is 18.2 Å². The van der Waals surface area contributed by atoms with E-state index in [0.717, 1.165) is 12.1 Å². The van der Waals surface area contributed by atoms with Gasteiger partial charge < -0.3 is 44.5 Å². The molecule has 3 aromatic rings. The van der Waals surface area contributed by atoms with Gasteiger partial charge in [-0.2, -0.15) is 0 Å². The van der Waals surface area contributed by atoms with Crippen molar-refractivity contribution in [1.82, 2.24) is 0 Å². The lowest BCUT2D eigenvalue weighted by atomic mass is 9.99. The van der Waals surface area contributed by atoms with E-state index >= 15 is 0 Å². The third-order valence-electron chi connectivity index (χ3n) is 5.05. The van der Waals surface area contributed by atoms with Crippen LogP contribution in [0, 0.1) is 0 Å². The summed E-state index contributed by atoms with van der Waals surface area (Å²) < 4.78 is 16.5. The Kier molecular flexibility index (Phi) is 5.56. The maximum atomic E-state index is 12.5. The zero-order valence-corrected chi connectivity index (χ0v) is 16.0. The molecule has 1 aliphatic rings. The zero-order valence-electron chi connectivity index (χ0n) is 16.0. The van der Waals surface area contributed by atoms with Gasteiger partial charge in [0.05, 0.1) is 12.2 Å². The maximum absolute atomic E-state index is 12.5. The first-order chi connectivity index (χ1) is 14.8. The molecule has 0 saturated carbocycles. The summed E-state index contributed by atoms with van der Waals surface area (Å²) in [4.78, 5) is 12.5. The summed E-state index contributed by atoms with van der Waals surface area (Å²) in [5, 5.41) is 59.4. The normalized spacial score (nSPS) is 26.1. The largest absolute Gasteiger partial charge is 0.507 e. The van der Waals surface area contributed by atoms with E-state index in [1.165, 1.54) is 12.1 Å². The molecule has 1 aromatic heterocycles. The van der Waals surface area contributed by atoms with Crippen molar-refractivity contribution >= 4 is 11.0 Å². The van der Waals surface area contributed by atoms with E-state index in [2.05, 4.69) is 0 Å². The Hall–Kier alpha value is -3.15. The van der Waals surface area contributed by atoms with Gasteiger partial charge in [-0.15, -0.1) is 0 Å².